The van der Waals surface area contributed by atoms with E-state index in [9.17, 15) is 45.1 Å². The molecule has 0 heterocycles. The fourth-order valence-electron chi connectivity index (χ4n) is 4.15. The molecule has 1 fully saturated rings. The molecule has 3 N–H and O–H groups in total. The van der Waals surface area contributed by atoms with Crippen molar-refractivity contribution in [2.24, 2.45) is 5.92 Å². The molecular formula is C27H15Cl3F7N3O3. The molecule has 3 amide bonds. The lowest BCUT2D eigenvalue weighted by Crippen LogP contribution is -2.19. The largest absolute Gasteiger partial charge is 0.419 e. The minimum Gasteiger partial charge on any atom is -0.326 e. The molecule has 0 aromatic heterocycles. The molecule has 1 aliphatic carbocycles. The summed E-state index contributed by atoms with van der Waals surface area (Å²) in [5.74, 6) is -11.7. The topological polar surface area (TPSA) is 87.3 Å². The van der Waals surface area contributed by atoms with Gasteiger partial charge in [0.1, 0.15) is 21.7 Å². The SMILES string of the molecule is C=C(F)C(=O)Nc1c(F)ccc(NC(=O)c2cc(NC(=O)[C@H]3[C@H](c4ccc(F)c(C(F)(F)F)c4)C3(Cl)Cl)ccc2Cl)c1F. The van der Waals surface area contributed by atoms with Crippen LogP contribution in [0.3, 0.4) is 0 Å². The second-order valence-corrected chi connectivity index (χ2v) is 11.0. The number of halogens is 10. The van der Waals surface area contributed by atoms with E-state index in [-0.39, 0.29) is 21.8 Å². The van der Waals surface area contributed by atoms with Gasteiger partial charge in [-0.3, -0.25) is 14.4 Å². The maximum atomic E-state index is 14.8. The van der Waals surface area contributed by atoms with Gasteiger partial charge in [0.25, 0.3) is 11.8 Å². The maximum absolute atomic E-state index is 14.8. The predicted octanol–water partition coefficient (Wildman–Crippen LogP) is 7.98. The van der Waals surface area contributed by atoms with E-state index in [0.717, 1.165) is 18.2 Å². The molecular weight excluding hydrogens is 654 g/mol. The Kier molecular flexibility index (Phi) is 8.74. The predicted molar refractivity (Wildman–Crippen MR) is 145 cm³/mol. The summed E-state index contributed by atoms with van der Waals surface area (Å²) in [6.45, 7) is 2.71. The van der Waals surface area contributed by atoms with E-state index >= 15 is 0 Å². The van der Waals surface area contributed by atoms with Crippen LogP contribution < -0.4 is 16.0 Å². The number of rotatable bonds is 7. The van der Waals surface area contributed by atoms with Crippen molar-refractivity contribution in [2.45, 2.75) is 16.4 Å². The molecule has 16 heteroatoms. The number of amides is 3. The Hall–Kier alpha value is -3.81. The first-order valence-corrected chi connectivity index (χ1v) is 12.9. The molecule has 0 unspecified atom stereocenters. The standard InChI is InChI=1S/C27H15Cl3F7N3O3/c1-10(31)23(41)40-22-17(33)6-7-18(21(22)34)39-24(42)13-9-12(3-4-15(13)28)38-25(43)20-19(26(20,29)30)11-2-5-16(32)14(8-11)27(35,36)37/h2-9,19-20H,1H2,(H,38,43)(H,39,42)(H,40,41)/t19-,20+/m0/s1. The molecule has 3 aromatic rings. The van der Waals surface area contributed by atoms with E-state index < -0.39 is 80.3 Å². The van der Waals surface area contributed by atoms with Crippen LogP contribution in [0.4, 0.5) is 47.8 Å². The zero-order valence-electron chi connectivity index (χ0n) is 21.0. The van der Waals surface area contributed by atoms with E-state index in [0.29, 0.717) is 18.2 Å². The summed E-state index contributed by atoms with van der Waals surface area (Å²) in [7, 11) is 0. The quantitative estimate of drug-likeness (QED) is 0.136. The van der Waals surface area contributed by atoms with Crippen LogP contribution in [-0.4, -0.2) is 22.1 Å². The van der Waals surface area contributed by atoms with Gasteiger partial charge in [-0.1, -0.05) is 24.2 Å². The van der Waals surface area contributed by atoms with Gasteiger partial charge in [0.2, 0.25) is 5.91 Å². The lowest BCUT2D eigenvalue weighted by molar-refractivity contribution is -0.140. The molecule has 0 bridgehead atoms. The van der Waals surface area contributed by atoms with E-state index in [1.165, 1.54) is 12.1 Å². The van der Waals surface area contributed by atoms with Crippen LogP contribution in [-0.2, 0) is 15.8 Å². The molecule has 1 saturated carbocycles. The number of benzene rings is 3. The summed E-state index contributed by atoms with van der Waals surface area (Å²) >= 11 is 18.5. The van der Waals surface area contributed by atoms with Crippen LogP contribution in [0.25, 0.3) is 0 Å². The third kappa shape index (κ3) is 6.58. The minimum absolute atomic E-state index is 0.0570. The highest BCUT2D eigenvalue weighted by Crippen LogP contribution is 2.65. The Morgan fingerprint density at radius 3 is 2.16 bits per heavy atom. The smallest absolute Gasteiger partial charge is 0.326 e. The molecule has 0 spiro atoms. The van der Waals surface area contributed by atoms with Crippen molar-refractivity contribution in [3.05, 3.63) is 100 Å². The Labute approximate surface area is 252 Å². The fraction of sp³-hybridized carbons (Fsp3) is 0.148. The van der Waals surface area contributed by atoms with E-state index in [1.54, 1.807) is 5.32 Å². The van der Waals surface area contributed by atoms with Crippen molar-refractivity contribution in [1.29, 1.82) is 0 Å². The number of anilines is 3. The van der Waals surface area contributed by atoms with Crippen molar-refractivity contribution in [3.8, 4) is 0 Å². The monoisotopic (exact) mass is 667 g/mol. The van der Waals surface area contributed by atoms with Gasteiger partial charge in [-0.25, -0.2) is 17.6 Å². The third-order valence-electron chi connectivity index (χ3n) is 6.29. The zero-order chi connectivity index (χ0) is 32.0. The van der Waals surface area contributed by atoms with E-state index in [4.69, 9.17) is 34.8 Å². The molecule has 43 heavy (non-hydrogen) atoms. The first-order chi connectivity index (χ1) is 19.9. The molecule has 2 atom stereocenters. The van der Waals surface area contributed by atoms with Gasteiger partial charge in [-0.2, -0.15) is 13.2 Å². The normalized spacial score (nSPS) is 17.2. The summed E-state index contributed by atoms with van der Waals surface area (Å²) in [4.78, 5) is 37.3. The first kappa shape index (κ1) is 32.1. The van der Waals surface area contributed by atoms with Crippen LogP contribution in [0.2, 0.25) is 5.02 Å². The van der Waals surface area contributed by atoms with Gasteiger partial charge in [0, 0.05) is 11.6 Å². The number of hydrogen-bond acceptors (Lipinski definition) is 3. The average Bonchev–Trinajstić information content (AvgIpc) is 3.50. The van der Waals surface area contributed by atoms with E-state index in [1.807, 2.05) is 0 Å². The van der Waals surface area contributed by atoms with Gasteiger partial charge >= 0.3 is 6.18 Å². The Balaban J connectivity index is 1.53. The average molecular weight is 669 g/mol. The molecule has 0 radical (unpaired) electrons. The number of carbonyl (C=O) groups excluding carboxylic acids is 3. The summed E-state index contributed by atoms with van der Waals surface area (Å²) in [6.07, 6.45) is -5.01. The zero-order valence-corrected chi connectivity index (χ0v) is 23.3. The van der Waals surface area contributed by atoms with Crippen molar-refractivity contribution in [3.63, 3.8) is 0 Å². The third-order valence-corrected chi connectivity index (χ3v) is 7.56. The van der Waals surface area contributed by atoms with Gasteiger partial charge in [-0.05, 0) is 48.0 Å². The second kappa shape index (κ2) is 11.7. The van der Waals surface area contributed by atoms with Crippen LogP contribution in [0.1, 0.15) is 27.4 Å². The number of hydrogen-bond donors (Lipinski definition) is 3. The molecule has 0 saturated heterocycles. The Morgan fingerprint density at radius 2 is 1.53 bits per heavy atom. The van der Waals surface area contributed by atoms with Gasteiger partial charge in [-0.15, -0.1) is 23.2 Å². The van der Waals surface area contributed by atoms with E-state index in [2.05, 4.69) is 17.2 Å². The van der Waals surface area contributed by atoms with Gasteiger partial charge in [0.15, 0.2) is 11.6 Å². The highest BCUT2D eigenvalue weighted by atomic mass is 35.5. The molecule has 3 aromatic carbocycles. The second-order valence-electron chi connectivity index (χ2n) is 9.15. The maximum Gasteiger partial charge on any atom is 0.419 e. The highest BCUT2D eigenvalue weighted by molar-refractivity contribution is 6.53. The number of alkyl halides is 5. The summed E-state index contributed by atoms with van der Waals surface area (Å²) in [5.41, 5.74) is -3.78. The molecule has 226 valence electrons. The van der Waals surface area contributed by atoms with Crippen LogP contribution in [0, 0.1) is 23.4 Å². The number of carbonyl (C=O) groups is 3. The summed E-state index contributed by atoms with van der Waals surface area (Å²) in [6, 6.07) is 7.11. The lowest BCUT2D eigenvalue weighted by Gasteiger charge is -2.13. The molecule has 0 aliphatic heterocycles. The Bertz CT molecular complexity index is 1680. The highest BCUT2D eigenvalue weighted by Gasteiger charge is 2.67. The van der Waals surface area contributed by atoms with Crippen LogP contribution in [0.15, 0.2) is 60.9 Å². The van der Waals surface area contributed by atoms with Gasteiger partial charge in [0.05, 0.1) is 27.8 Å². The van der Waals surface area contributed by atoms with Crippen LogP contribution in [0.5, 0.6) is 0 Å². The molecule has 6 nitrogen and oxygen atoms in total. The van der Waals surface area contributed by atoms with Crippen molar-refractivity contribution >= 4 is 69.6 Å². The molecule has 4 rings (SSSR count). The Morgan fingerprint density at radius 1 is 0.884 bits per heavy atom. The number of nitrogens with one attached hydrogen (secondary N) is 3. The van der Waals surface area contributed by atoms with Crippen molar-refractivity contribution < 1.29 is 45.1 Å². The van der Waals surface area contributed by atoms with Crippen molar-refractivity contribution in [2.75, 3.05) is 16.0 Å². The summed E-state index contributed by atoms with van der Waals surface area (Å²) < 4.78 is 93.2. The van der Waals surface area contributed by atoms with Crippen molar-refractivity contribution in [1.82, 2.24) is 0 Å². The lowest BCUT2D eigenvalue weighted by atomic mass is 10.0. The first-order valence-electron chi connectivity index (χ1n) is 11.7. The fourth-order valence-corrected chi connectivity index (χ4v) is 5.18. The summed E-state index contributed by atoms with van der Waals surface area (Å²) in [5, 5.41) is 5.97. The minimum atomic E-state index is -5.01. The van der Waals surface area contributed by atoms with Gasteiger partial charge < -0.3 is 16.0 Å². The molecule has 1 aliphatic rings. The van der Waals surface area contributed by atoms with Crippen LogP contribution >= 0.6 is 34.8 Å².